The highest BCUT2D eigenvalue weighted by Gasteiger charge is 2.25. The van der Waals surface area contributed by atoms with E-state index >= 15 is 0 Å². The van der Waals surface area contributed by atoms with Crippen LogP contribution in [0, 0.1) is 0 Å². The lowest BCUT2D eigenvalue weighted by molar-refractivity contribution is -0.133. The maximum atomic E-state index is 11.7. The highest BCUT2D eigenvalue weighted by atomic mass is 16.2. The SMILES string of the molecule is CCCN(C)C(=O)C1CNC(=O)CN1. The van der Waals surface area contributed by atoms with E-state index in [1.54, 1.807) is 11.9 Å². The van der Waals surface area contributed by atoms with Crippen LogP contribution >= 0.6 is 0 Å². The number of rotatable bonds is 3. The zero-order valence-corrected chi connectivity index (χ0v) is 8.67. The number of carbonyl (C=O) groups excluding carboxylic acids is 2. The highest BCUT2D eigenvalue weighted by molar-refractivity contribution is 5.86. The van der Waals surface area contributed by atoms with Crippen LogP contribution in [0.25, 0.3) is 0 Å². The van der Waals surface area contributed by atoms with Crippen LogP contribution in [-0.2, 0) is 9.59 Å². The Morgan fingerprint density at radius 3 is 2.86 bits per heavy atom. The smallest absolute Gasteiger partial charge is 0.241 e. The third-order valence-corrected chi connectivity index (χ3v) is 2.25. The largest absolute Gasteiger partial charge is 0.353 e. The van der Waals surface area contributed by atoms with Gasteiger partial charge in [-0.05, 0) is 6.42 Å². The van der Waals surface area contributed by atoms with Gasteiger partial charge in [0.2, 0.25) is 11.8 Å². The van der Waals surface area contributed by atoms with E-state index in [4.69, 9.17) is 0 Å². The summed E-state index contributed by atoms with van der Waals surface area (Å²) in [5.41, 5.74) is 0. The second kappa shape index (κ2) is 4.95. The van der Waals surface area contributed by atoms with Crippen molar-refractivity contribution in [1.82, 2.24) is 15.5 Å². The summed E-state index contributed by atoms with van der Waals surface area (Å²) in [6, 6.07) is -0.260. The van der Waals surface area contributed by atoms with Crippen LogP contribution in [0.2, 0.25) is 0 Å². The first-order valence-corrected chi connectivity index (χ1v) is 4.90. The first-order chi connectivity index (χ1) is 6.65. The first kappa shape index (κ1) is 11.0. The molecule has 0 aromatic heterocycles. The maximum Gasteiger partial charge on any atom is 0.241 e. The molecule has 0 aliphatic carbocycles. The second-order valence-corrected chi connectivity index (χ2v) is 3.50. The summed E-state index contributed by atoms with van der Waals surface area (Å²) in [5.74, 6) is -0.000885. The number of nitrogens with zero attached hydrogens (tertiary/aromatic N) is 1. The van der Waals surface area contributed by atoms with Crippen LogP contribution in [0.1, 0.15) is 13.3 Å². The number of likely N-dealkylation sites (N-methyl/N-ethyl adjacent to an activating group) is 1. The summed E-state index contributed by atoms with van der Waals surface area (Å²) in [6.07, 6.45) is 0.946. The zero-order valence-electron chi connectivity index (χ0n) is 8.67. The quantitative estimate of drug-likeness (QED) is 0.609. The summed E-state index contributed by atoms with van der Waals surface area (Å²) in [4.78, 5) is 24.2. The molecule has 14 heavy (non-hydrogen) atoms. The van der Waals surface area contributed by atoms with Gasteiger partial charge in [0.1, 0.15) is 6.04 Å². The van der Waals surface area contributed by atoms with E-state index in [1.807, 2.05) is 6.92 Å². The molecule has 0 aromatic carbocycles. The average molecular weight is 199 g/mol. The Labute approximate surface area is 83.8 Å². The molecule has 1 fully saturated rings. The van der Waals surface area contributed by atoms with E-state index < -0.39 is 0 Å². The highest BCUT2D eigenvalue weighted by Crippen LogP contribution is 1.96. The van der Waals surface area contributed by atoms with Crippen molar-refractivity contribution in [2.24, 2.45) is 0 Å². The van der Waals surface area contributed by atoms with Crippen molar-refractivity contribution in [2.75, 3.05) is 26.7 Å². The zero-order chi connectivity index (χ0) is 10.6. The van der Waals surface area contributed by atoms with Gasteiger partial charge in [-0.2, -0.15) is 0 Å². The van der Waals surface area contributed by atoms with Gasteiger partial charge in [-0.1, -0.05) is 6.92 Å². The number of hydrogen-bond acceptors (Lipinski definition) is 3. The van der Waals surface area contributed by atoms with Gasteiger partial charge in [0.25, 0.3) is 0 Å². The predicted molar refractivity (Wildman–Crippen MR) is 52.7 cm³/mol. The molecule has 2 amide bonds. The molecular formula is C9H17N3O2. The van der Waals surface area contributed by atoms with Gasteiger partial charge < -0.3 is 10.2 Å². The van der Waals surface area contributed by atoms with Crippen LogP contribution in [-0.4, -0.2) is 49.4 Å². The standard InChI is InChI=1S/C9H17N3O2/c1-3-4-12(2)9(14)7-5-11-8(13)6-10-7/h7,10H,3-6H2,1-2H3,(H,11,13). The summed E-state index contributed by atoms with van der Waals surface area (Å²) in [7, 11) is 1.78. The number of carbonyl (C=O) groups is 2. The fourth-order valence-corrected chi connectivity index (χ4v) is 1.45. The molecule has 80 valence electrons. The molecule has 1 atom stereocenters. The van der Waals surface area contributed by atoms with Crippen LogP contribution in [0.3, 0.4) is 0 Å². The predicted octanol–water partition coefficient (Wildman–Crippen LogP) is -1.06. The Morgan fingerprint density at radius 1 is 1.64 bits per heavy atom. The van der Waals surface area contributed by atoms with E-state index in [0.29, 0.717) is 6.54 Å². The molecule has 1 saturated heterocycles. The van der Waals surface area contributed by atoms with Crippen LogP contribution in [0.4, 0.5) is 0 Å². The van der Waals surface area contributed by atoms with E-state index in [0.717, 1.165) is 13.0 Å². The molecule has 0 bridgehead atoms. The minimum Gasteiger partial charge on any atom is -0.353 e. The molecule has 5 nitrogen and oxygen atoms in total. The average Bonchev–Trinajstić information content (AvgIpc) is 2.18. The molecule has 1 aliphatic heterocycles. The molecule has 1 rings (SSSR count). The maximum absolute atomic E-state index is 11.7. The fourth-order valence-electron chi connectivity index (χ4n) is 1.45. The lowest BCUT2D eigenvalue weighted by Crippen LogP contribution is -2.58. The van der Waals surface area contributed by atoms with Gasteiger partial charge in [-0.3, -0.25) is 14.9 Å². The van der Waals surface area contributed by atoms with Gasteiger partial charge >= 0.3 is 0 Å². The van der Waals surface area contributed by atoms with Crippen molar-refractivity contribution in [3.05, 3.63) is 0 Å². The van der Waals surface area contributed by atoms with Crippen LogP contribution in [0.15, 0.2) is 0 Å². The third kappa shape index (κ3) is 2.70. The summed E-state index contributed by atoms with van der Waals surface area (Å²) >= 11 is 0. The van der Waals surface area contributed by atoms with E-state index in [1.165, 1.54) is 0 Å². The van der Waals surface area contributed by atoms with Crippen molar-refractivity contribution in [2.45, 2.75) is 19.4 Å². The minimum atomic E-state index is -0.260. The summed E-state index contributed by atoms with van der Waals surface area (Å²) < 4.78 is 0. The van der Waals surface area contributed by atoms with Gasteiger partial charge in [-0.25, -0.2) is 0 Å². The van der Waals surface area contributed by atoms with E-state index in [2.05, 4.69) is 10.6 Å². The number of piperazine rings is 1. The molecular weight excluding hydrogens is 182 g/mol. The van der Waals surface area contributed by atoms with Crippen molar-refractivity contribution in [3.8, 4) is 0 Å². The Balaban J connectivity index is 2.41. The topological polar surface area (TPSA) is 61.4 Å². The van der Waals surface area contributed by atoms with E-state index in [-0.39, 0.29) is 24.4 Å². The Morgan fingerprint density at radius 2 is 2.36 bits per heavy atom. The Kier molecular flexibility index (Phi) is 3.88. The minimum absolute atomic E-state index is 0.0480. The molecule has 5 heteroatoms. The number of nitrogens with one attached hydrogen (secondary N) is 2. The normalized spacial score (nSPS) is 21.6. The van der Waals surface area contributed by atoms with Crippen molar-refractivity contribution in [3.63, 3.8) is 0 Å². The Hall–Kier alpha value is -1.10. The first-order valence-electron chi connectivity index (χ1n) is 4.90. The van der Waals surface area contributed by atoms with Gasteiger partial charge in [0.05, 0.1) is 6.54 Å². The van der Waals surface area contributed by atoms with Crippen molar-refractivity contribution < 1.29 is 9.59 Å². The second-order valence-electron chi connectivity index (χ2n) is 3.50. The molecule has 0 radical (unpaired) electrons. The molecule has 1 unspecified atom stereocenters. The third-order valence-electron chi connectivity index (χ3n) is 2.25. The monoisotopic (exact) mass is 199 g/mol. The van der Waals surface area contributed by atoms with Crippen LogP contribution in [0.5, 0.6) is 0 Å². The van der Waals surface area contributed by atoms with Gasteiger partial charge in [0.15, 0.2) is 0 Å². The molecule has 2 N–H and O–H groups in total. The summed E-state index contributed by atoms with van der Waals surface area (Å²) in [6.45, 7) is 3.41. The van der Waals surface area contributed by atoms with Crippen molar-refractivity contribution in [1.29, 1.82) is 0 Å². The number of hydrogen-bond donors (Lipinski definition) is 2. The fraction of sp³-hybridized carbons (Fsp3) is 0.778. The summed E-state index contributed by atoms with van der Waals surface area (Å²) in [5, 5.41) is 5.57. The molecule has 0 saturated carbocycles. The van der Waals surface area contributed by atoms with Gasteiger partial charge in [0, 0.05) is 20.1 Å². The molecule has 0 aromatic rings. The molecule has 0 spiro atoms. The molecule has 1 heterocycles. The lowest BCUT2D eigenvalue weighted by atomic mass is 10.2. The van der Waals surface area contributed by atoms with Gasteiger partial charge in [-0.15, -0.1) is 0 Å². The van der Waals surface area contributed by atoms with Crippen LogP contribution < -0.4 is 10.6 Å². The van der Waals surface area contributed by atoms with E-state index in [9.17, 15) is 9.59 Å². The number of amides is 2. The lowest BCUT2D eigenvalue weighted by Gasteiger charge is -2.27. The van der Waals surface area contributed by atoms with Crippen molar-refractivity contribution >= 4 is 11.8 Å². The Bertz CT molecular complexity index is 220. The molecule has 1 aliphatic rings.